The number of hydrogen-bond acceptors (Lipinski definition) is 5. The number of fused-ring (bicyclic) bond motifs is 1. The quantitative estimate of drug-likeness (QED) is 0.393. The number of aromatic nitrogens is 1. The van der Waals surface area contributed by atoms with Gasteiger partial charge in [0.25, 0.3) is 11.6 Å². The Balaban J connectivity index is 1.58. The lowest BCUT2D eigenvalue weighted by molar-refractivity contribution is -0.384. The number of amides is 1. The van der Waals surface area contributed by atoms with Gasteiger partial charge in [0.1, 0.15) is 23.0 Å². The van der Waals surface area contributed by atoms with Crippen molar-refractivity contribution in [3.8, 4) is 0 Å². The third kappa shape index (κ3) is 4.14. The number of pyridine rings is 1. The number of benzene rings is 2. The van der Waals surface area contributed by atoms with Crippen LogP contribution in [0.3, 0.4) is 0 Å². The molecule has 138 valence electrons. The van der Waals surface area contributed by atoms with Crippen LogP contribution in [-0.2, 0) is 0 Å². The molecule has 0 aliphatic heterocycles. The summed E-state index contributed by atoms with van der Waals surface area (Å²) < 4.78 is 27.1. The zero-order valence-electron chi connectivity index (χ0n) is 13.9. The molecule has 2 N–H and O–H groups in total. The molecule has 3 aromatic rings. The molecule has 1 heterocycles. The number of non-ortho nitro benzene ring substituents is 1. The average Bonchev–Trinajstić information content (AvgIpc) is 2.64. The number of hydrogen-bond donors (Lipinski definition) is 2. The molecule has 7 nitrogen and oxygen atoms in total. The highest BCUT2D eigenvalue weighted by atomic mass is 19.1. The van der Waals surface area contributed by atoms with Gasteiger partial charge in [-0.2, -0.15) is 0 Å². The predicted octanol–water partition coefficient (Wildman–Crippen LogP) is 3.26. The van der Waals surface area contributed by atoms with E-state index < -0.39 is 28.0 Å². The zero-order chi connectivity index (χ0) is 19.4. The van der Waals surface area contributed by atoms with Crippen LogP contribution in [-0.4, -0.2) is 28.9 Å². The first-order valence-electron chi connectivity index (χ1n) is 7.97. The Hall–Kier alpha value is -3.62. The Morgan fingerprint density at radius 3 is 2.52 bits per heavy atom. The van der Waals surface area contributed by atoms with Gasteiger partial charge in [0.05, 0.1) is 10.4 Å². The number of carbonyl (C=O) groups is 1. The van der Waals surface area contributed by atoms with Crippen molar-refractivity contribution < 1.29 is 18.5 Å². The highest BCUT2D eigenvalue weighted by Crippen LogP contribution is 2.21. The molecule has 1 amide bonds. The number of halogens is 2. The number of anilines is 1. The lowest BCUT2D eigenvalue weighted by Crippen LogP contribution is -2.30. The van der Waals surface area contributed by atoms with Crippen LogP contribution < -0.4 is 10.6 Å². The average molecular weight is 372 g/mol. The standard InChI is InChI=1S/C18H14F2N4O3/c19-13-2-1-3-14(20)17(13)18(25)22-9-8-21-16-7-4-11-10-12(24(26)27)5-6-15(11)23-16/h1-7,10H,8-9H2,(H,21,23)(H,22,25). The molecule has 0 atom stereocenters. The van der Waals surface area contributed by atoms with E-state index in [-0.39, 0.29) is 18.8 Å². The first-order chi connectivity index (χ1) is 13.0. The molecule has 2 aromatic carbocycles. The second-order valence-electron chi connectivity index (χ2n) is 5.61. The third-order valence-corrected chi connectivity index (χ3v) is 3.79. The summed E-state index contributed by atoms with van der Waals surface area (Å²) in [7, 11) is 0. The molecule has 0 radical (unpaired) electrons. The van der Waals surface area contributed by atoms with E-state index in [1.165, 1.54) is 18.2 Å². The second kappa shape index (κ2) is 7.73. The van der Waals surface area contributed by atoms with E-state index >= 15 is 0 Å². The lowest BCUT2D eigenvalue weighted by Gasteiger charge is -2.09. The number of nitro groups is 1. The van der Waals surface area contributed by atoms with Crippen LogP contribution in [0.1, 0.15) is 10.4 Å². The van der Waals surface area contributed by atoms with Gasteiger partial charge in [0.2, 0.25) is 0 Å². The Bertz CT molecular complexity index is 1010. The number of nitrogens with one attached hydrogen (secondary N) is 2. The molecule has 27 heavy (non-hydrogen) atoms. The molecule has 0 saturated carbocycles. The van der Waals surface area contributed by atoms with Crippen LogP contribution in [0.25, 0.3) is 10.9 Å². The minimum atomic E-state index is -0.925. The van der Waals surface area contributed by atoms with Crippen LogP contribution in [0.4, 0.5) is 20.3 Å². The van der Waals surface area contributed by atoms with Gasteiger partial charge in [-0.3, -0.25) is 14.9 Å². The van der Waals surface area contributed by atoms with Crippen LogP contribution >= 0.6 is 0 Å². The van der Waals surface area contributed by atoms with Gasteiger partial charge in [-0.15, -0.1) is 0 Å². The fourth-order valence-corrected chi connectivity index (χ4v) is 2.49. The summed E-state index contributed by atoms with van der Waals surface area (Å²) in [6.07, 6.45) is 0. The fraction of sp³-hybridized carbons (Fsp3) is 0.111. The van der Waals surface area contributed by atoms with Gasteiger partial charge in [0, 0.05) is 30.6 Å². The molecule has 0 unspecified atom stereocenters. The van der Waals surface area contributed by atoms with Crippen molar-refractivity contribution in [2.24, 2.45) is 0 Å². The van der Waals surface area contributed by atoms with Crippen molar-refractivity contribution in [2.45, 2.75) is 0 Å². The van der Waals surface area contributed by atoms with E-state index in [2.05, 4.69) is 15.6 Å². The summed E-state index contributed by atoms with van der Waals surface area (Å²) >= 11 is 0. The largest absolute Gasteiger partial charge is 0.368 e. The summed E-state index contributed by atoms with van der Waals surface area (Å²) in [6.45, 7) is 0.389. The van der Waals surface area contributed by atoms with Crippen molar-refractivity contribution in [1.82, 2.24) is 10.3 Å². The predicted molar refractivity (Wildman–Crippen MR) is 95.6 cm³/mol. The molecular weight excluding hydrogens is 358 g/mol. The van der Waals surface area contributed by atoms with Gasteiger partial charge in [-0.25, -0.2) is 13.8 Å². The van der Waals surface area contributed by atoms with E-state index in [4.69, 9.17) is 0 Å². The van der Waals surface area contributed by atoms with Crippen LogP contribution in [0.2, 0.25) is 0 Å². The maximum atomic E-state index is 13.5. The van der Waals surface area contributed by atoms with E-state index in [1.807, 2.05) is 0 Å². The number of carbonyl (C=O) groups excluding carboxylic acids is 1. The molecule has 3 rings (SSSR count). The number of rotatable bonds is 6. The maximum Gasteiger partial charge on any atom is 0.270 e. The SMILES string of the molecule is O=C(NCCNc1ccc2cc([N+](=O)[O-])ccc2n1)c1c(F)cccc1F. The highest BCUT2D eigenvalue weighted by Gasteiger charge is 2.16. The molecule has 1 aromatic heterocycles. The van der Waals surface area contributed by atoms with Crippen molar-refractivity contribution in [2.75, 3.05) is 18.4 Å². The number of nitro benzene ring substituents is 1. The van der Waals surface area contributed by atoms with Crippen molar-refractivity contribution in [3.05, 3.63) is 75.8 Å². The molecule has 0 aliphatic carbocycles. The van der Waals surface area contributed by atoms with Gasteiger partial charge in [-0.05, 0) is 30.3 Å². The van der Waals surface area contributed by atoms with Gasteiger partial charge in [-0.1, -0.05) is 6.07 Å². The first kappa shape index (κ1) is 18.2. The zero-order valence-corrected chi connectivity index (χ0v) is 13.9. The number of nitrogens with zero attached hydrogens (tertiary/aromatic N) is 2. The van der Waals surface area contributed by atoms with E-state index in [1.54, 1.807) is 18.2 Å². The smallest absolute Gasteiger partial charge is 0.270 e. The molecule has 0 fully saturated rings. The summed E-state index contributed by atoms with van der Waals surface area (Å²) in [6, 6.07) is 10.9. The summed E-state index contributed by atoms with van der Waals surface area (Å²) in [4.78, 5) is 26.5. The van der Waals surface area contributed by atoms with Gasteiger partial charge >= 0.3 is 0 Å². The Labute approximate surface area is 152 Å². The molecule has 0 aliphatic rings. The van der Waals surface area contributed by atoms with Crippen LogP contribution in [0.15, 0.2) is 48.5 Å². The molecule has 9 heteroatoms. The Morgan fingerprint density at radius 2 is 1.81 bits per heavy atom. The lowest BCUT2D eigenvalue weighted by atomic mass is 10.2. The van der Waals surface area contributed by atoms with Gasteiger partial charge in [0.15, 0.2) is 0 Å². The summed E-state index contributed by atoms with van der Waals surface area (Å²) in [5.74, 6) is -2.19. The second-order valence-corrected chi connectivity index (χ2v) is 5.61. The minimum Gasteiger partial charge on any atom is -0.368 e. The molecule has 0 spiro atoms. The third-order valence-electron chi connectivity index (χ3n) is 3.79. The minimum absolute atomic E-state index is 0.0203. The highest BCUT2D eigenvalue weighted by molar-refractivity contribution is 5.94. The fourth-order valence-electron chi connectivity index (χ4n) is 2.49. The maximum absolute atomic E-state index is 13.5. The first-order valence-corrected chi connectivity index (χ1v) is 7.97. The topological polar surface area (TPSA) is 97.2 Å². The van der Waals surface area contributed by atoms with Crippen LogP contribution in [0.5, 0.6) is 0 Å². The van der Waals surface area contributed by atoms with Gasteiger partial charge < -0.3 is 10.6 Å². The van der Waals surface area contributed by atoms with E-state index in [0.29, 0.717) is 16.7 Å². The normalized spacial score (nSPS) is 10.6. The summed E-state index contributed by atoms with van der Waals surface area (Å²) in [5.41, 5.74) is -0.0703. The Kier molecular flexibility index (Phi) is 5.20. The monoisotopic (exact) mass is 372 g/mol. The molecular formula is C18H14F2N4O3. The summed E-state index contributed by atoms with van der Waals surface area (Å²) in [5, 5.41) is 16.8. The van der Waals surface area contributed by atoms with E-state index in [0.717, 1.165) is 12.1 Å². The molecule has 0 bridgehead atoms. The van der Waals surface area contributed by atoms with Crippen molar-refractivity contribution >= 4 is 28.3 Å². The molecule has 0 saturated heterocycles. The van der Waals surface area contributed by atoms with Crippen molar-refractivity contribution in [1.29, 1.82) is 0 Å². The van der Waals surface area contributed by atoms with E-state index in [9.17, 15) is 23.7 Å². The van der Waals surface area contributed by atoms with Crippen LogP contribution in [0, 0.1) is 21.7 Å². The Morgan fingerprint density at radius 1 is 1.07 bits per heavy atom. The van der Waals surface area contributed by atoms with Crippen molar-refractivity contribution in [3.63, 3.8) is 0 Å².